The second-order valence-electron chi connectivity index (χ2n) is 7.83. The van der Waals surface area contributed by atoms with Crippen LogP contribution in [-0.4, -0.2) is 54.6 Å². The van der Waals surface area contributed by atoms with E-state index in [-0.39, 0.29) is 12.9 Å². The molecule has 0 aliphatic carbocycles. The highest BCUT2D eigenvalue weighted by Gasteiger charge is 2.35. The van der Waals surface area contributed by atoms with Crippen molar-refractivity contribution in [3.05, 3.63) is 11.6 Å². The molecule has 146 valence electrons. The van der Waals surface area contributed by atoms with Crippen LogP contribution in [-0.2, 0) is 14.2 Å². The van der Waals surface area contributed by atoms with Gasteiger partial charge in [-0.05, 0) is 63.4 Å². The van der Waals surface area contributed by atoms with Gasteiger partial charge in [-0.1, -0.05) is 19.4 Å². The number of rotatable bonds is 8. The van der Waals surface area contributed by atoms with E-state index in [1.165, 1.54) is 6.42 Å². The Kier molecular flexibility index (Phi) is 8.87. The molecule has 0 radical (unpaired) electrons. The molecule has 0 aromatic carbocycles. The van der Waals surface area contributed by atoms with Crippen molar-refractivity contribution in [3.63, 3.8) is 0 Å². The van der Waals surface area contributed by atoms with Gasteiger partial charge in [-0.25, -0.2) is 0 Å². The fourth-order valence-corrected chi connectivity index (χ4v) is 3.58. The van der Waals surface area contributed by atoms with Gasteiger partial charge in [-0.15, -0.1) is 0 Å². The summed E-state index contributed by atoms with van der Waals surface area (Å²) in [5.74, 6) is 0.474. The Morgan fingerprint density at radius 1 is 1.36 bits per heavy atom. The van der Waals surface area contributed by atoms with Crippen molar-refractivity contribution < 1.29 is 24.4 Å². The number of hydrogen-bond acceptors (Lipinski definition) is 5. The molecule has 0 spiro atoms. The highest BCUT2D eigenvalue weighted by atomic mass is 16.7. The van der Waals surface area contributed by atoms with Gasteiger partial charge in [0.25, 0.3) is 0 Å². The lowest BCUT2D eigenvalue weighted by molar-refractivity contribution is -0.168. The first-order valence-electron chi connectivity index (χ1n) is 9.87. The van der Waals surface area contributed by atoms with E-state index >= 15 is 0 Å². The van der Waals surface area contributed by atoms with Crippen molar-refractivity contribution in [3.8, 4) is 0 Å². The molecule has 0 bridgehead atoms. The van der Waals surface area contributed by atoms with E-state index in [1.807, 2.05) is 6.92 Å². The van der Waals surface area contributed by atoms with E-state index < -0.39 is 11.7 Å². The van der Waals surface area contributed by atoms with Gasteiger partial charge in [-0.2, -0.15) is 0 Å². The summed E-state index contributed by atoms with van der Waals surface area (Å²) in [7, 11) is 0. The van der Waals surface area contributed by atoms with E-state index in [9.17, 15) is 5.11 Å². The third kappa shape index (κ3) is 6.99. The van der Waals surface area contributed by atoms with Crippen LogP contribution in [0.4, 0.5) is 0 Å². The van der Waals surface area contributed by atoms with Crippen LogP contribution < -0.4 is 0 Å². The maximum Gasteiger partial charge on any atom is 0.157 e. The Morgan fingerprint density at radius 2 is 2.20 bits per heavy atom. The summed E-state index contributed by atoms with van der Waals surface area (Å²) >= 11 is 0. The summed E-state index contributed by atoms with van der Waals surface area (Å²) in [5.41, 5.74) is 0.581. The highest BCUT2D eigenvalue weighted by Crippen LogP contribution is 2.31. The van der Waals surface area contributed by atoms with Crippen molar-refractivity contribution in [2.45, 2.75) is 83.2 Å². The first-order valence-corrected chi connectivity index (χ1v) is 9.87. The van der Waals surface area contributed by atoms with Crippen LogP contribution in [0.2, 0.25) is 0 Å². The standard InChI is InChI=1S/C20H36O5/c1-16(14-24-19-7-3-4-13-23-19)6-5-11-20(2)18(22)9-8-17(10-12-21)15-25-20/h10,16,18-19,21-22H,3-9,11-15H2,1-2H3. The number of aliphatic hydroxyl groups excluding tert-OH is 2. The lowest BCUT2D eigenvalue weighted by Gasteiger charge is -2.33. The molecular formula is C20H36O5. The van der Waals surface area contributed by atoms with Crippen LogP contribution in [0.25, 0.3) is 0 Å². The summed E-state index contributed by atoms with van der Waals surface area (Å²) in [4.78, 5) is 0. The smallest absolute Gasteiger partial charge is 0.157 e. The second kappa shape index (κ2) is 10.6. The summed E-state index contributed by atoms with van der Waals surface area (Å²) in [5, 5.41) is 19.5. The average Bonchev–Trinajstić information content (AvgIpc) is 2.75. The maximum absolute atomic E-state index is 10.5. The average molecular weight is 357 g/mol. The molecule has 2 rings (SSSR count). The van der Waals surface area contributed by atoms with Crippen molar-refractivity contribution >= 4 is 0 Å². The fourth-order valence-electron chi connectivity index (χ4n) is 3.58. The van der Waals surface area contributed by atoms with Crippen LogP contribution in [0.1, 0.15) is 65.2 Å². The molecule has 5 heteroatoms. The molecule has 0 amide bonds. The van der Waals surface area contributed by atoms with Crippen LogP contribution >= 0.6 is 0 Å². The van der Waals surface area contributed by atoms with Gasteiger partial charge in [0.05, 0.1) is 31.5 Å². The van der Waals surface area contributed by atoms with Crippen molar-refractivity contribution in [2.24, 2.45) is 5.92 Å². The van der Waals surface area contributed by atoms with E-state index in [1.54, 1.807) is 6.08 Å². The van der Waals surface area contributed by atoms with Crippen LogP contribution in [0.15, 0.2) is 11.6 Å². The molecule has 2 fully saturated rings. The molecule has 2 heterocycles. The maximum atomic E-state index is 10.5. The normalized spacial score (nSPS) is 34.0. The first kappa shape index (κ1) is 20.8. The van der Waals surface area contributed by atoms with Gasteiger partial charge in [-0.3, -0.25) is 0 Å². The van der Waals surface area contributed by atoms with E-state index in [0.717, 1.165) is 57.3 Å². The zero-order valence-electron chi connectivity index (χ0n) is 15.9. The summed E-state index contributed by atoms with van der Waals surface area (Å²) in [6, 6.07) is 0. The number of ether oxygens (including phenoxy) is 3. The predicted octanol–water partition coefficient (Wildman–Crippen LogP) is 3.18. The van der Waals surface area contributed by atoms with Crippen LogP contribution in [0.3, 0.4) is 0 Å². The molecule has 25 heavy (non-hydrogen) atoms. The van der Waals surface area contributed by atoms with Gasteiger partial charge in [0.1, 0.15) is 0 Å². The SMILES string of the molecule is CC(CCCC1(C)OCC(=CCO)CCC1O)COC1CCCCO1. The van der Waals surface area contributed by atoms with Gasteiger partial charge in [0.2, 0.25) is 0 Å². The molecule has 0 saturated carbocycles. The molecule has 4 unspecified atom stereocenters. The molecule has 0 aromatic heterocycles. The molecule has 2 aliphatic heterocycles. The lowest BCUT2D eigenvalue weighted by Crippen LogP contribution is -2.41. The largest absolute Gasteiger partial charge is 0.392 e. The Balaban J connectivity index is 1.68. The number of aliphatic hydroxyl groups is 2. The first-order chi connectivity index (χ1) is 12.0. The number of hydrogen-bond donors (Lipinski definition) is 2. The Hall–Kier alpha value is -0.460. The molecule has 0 aromatic rings. The monoisotopic (exact) mass is 356 g/mol. The predicted molar refractivity (Wildman–Crippen MR) is 97.3 cm³/mol. The van der Waals surface area contributed by atoms with Gasteiger partial charge in [0, 0.05) is 6.61 Å². The third-order valence-corrected chi connectivity index (χ3v) is 5.49. The Morgan fingerprint density at radius 3 is 2.92 bits per heavy atom. The zero-order chi connectivity index (χ0) is 18.1. The third-order valence-electron chi connectivity index (χ3n) is 5.49. The fraction of sp³-hybridized carbons (Fsp3) is 0.900. The lowest BCUT2D eigenvalue weighted by atomic mass is 9.88. The molecule has 5 nitrogen and oxygen atoms in total. The summed E-state index contributed by atoms with van der Waals surface area (Å²) < 4.78 is 17.5. The van der Waals surface area contributed by atoms with Crippen molar-refractivity contribution in [2.75, 3.05) is 26.4 Å². The van der Waals surface area contributed by atoms with Crippen LogP contribution in [0.5, 0.6) is 0 Å². The summed E-state index contributed by atoms with van der Waals surface area (Å²) in [6.45, 7) is 6.31. The van der Waals surface area contributed by atoms with E-state index in [4.69, 9.17) is 19.3 Å². The van der Waals surface area contributed by atoms with Crippen LogP contribution in [0, 0.1) is 5.92 Å². The second-order valence-corrected chi connectivity index (χ2v) is 7.83. The van der Waals surface area contributed by atoms with Crippen molar-refractivity contribution in [1.82, 2.24) is 0 Å². The van der Waals surface area contributed by atoms with E-state index in [2.05, 4.69) is 6.92 Å². The molecule has 2 N–H and O–H groups in total. The molecule has 4 atom stereocenters. The quantitative estimate of drug-likeness (QED) is 0.654. The zero-order valence-corrected chi connectivity index (χ0v) is 15.9. The highest BCUT2D eigenvalue weighted by molar-refractivity contribution is 5.06. The minimum Gasteiger partial charge on any atom is -0.392 e. The minimum atomic E-state index is -0.502. The van der Waals surface area contributed by atoms with Gasteiger partial charge >= 0.3 is 0 Å². The Labute approximate surface area is 152 Å². The Bertz CT molecular complexity index is 405. The van der Waals surface area contributed by atoms with Gasteiger partial charge in [0.15, 0.2) is 6.29 Å². The van der Waals surface area contributed by atoms with E-state index in [0.29, 0.717) is 18.9 Å². The summed E-state index contributed by atoms with van der Waals surface area (Å²) in [6.07, 6.45) is 9.05. The topological polar surface area (TPSA) is 68.2 Å². The molecule has 2 saturated heterocycles. The molecular weight excluding hydrogens is 320 g/mol. The van der Waals surface area contributed by atoms with Gasteiger partial charge < -0.3 is 24.4 Å². The van der Waals surface area contributed by atoms with Crippen molar-refractivity contribution in [1.29, 1.82) is 0 Å². The minimum absolute atomic E-state index is 0.0162. The molecule has 2 aliphatic rings.